The number of rotatable bonds is 8. The molecule has 1 atom stereocenters. The minimum atomic E-state index is -1.22. The van der Waals surface area contributed by atoms with Crippen LogP contribution in [0, 0.1) is 13.8 Å². The van der Waals surface area contributed by atoms with Crippen LogP contribution in [0.5, 0.6) is 5.75 Å². The molecule has 0 heterocycles. The van der Waals surface area contributed by atoms with Gasteiger partial charge in [0.2, 0.25) is 5.91 Å². The van der Waals surface area contributed by atoms with E-state index < -0.39 is 11.6 Å². The summed E-state index contributed by atoms with van der Waals surface area (Å²) in [6.45, 7) is 9.11. The molecule has 2 amide bonds. The van der Waals surface area contributed by atoms with Crippen LogP contribution in [0.15, 0.2) is 60.7 Å². The zero-order chi connectivity index (χ0) is 26.6. The maximum atomic E-state index is 13.8. The maximum absolute atomic E-state index is 13.8. The quantitative estimate of drug-likeness (QED) is 0.297. The van der Waals surface area contributed by atoms with E-state index in [9.17, 15) is 9.59 Å². The lowest BCUT2D eigenvalue weighted by Gasteiger charge is -2.39. The van der Waals surface area contributed by atoms with Crippen LogP contribution >= 0.6 is 34.8 Å². The van der Waals surface area contributed by atoms with Crippen LogP contribution < -0.4 is 10.1 Å². The van der Waals surface area contributed by atoms with Crippen LogP contribution in [0.4, 0.5) is 5.69 Å². The predicted octanol–water partition coefficient (Wildman–Crippen LogP) is 7.48. The van der Waals surface area contributed by atoms with Crippen molar-refractivity contribution in [3.05, 3.63) is 92.4 Å². The molecule has 5 nitrogen and oxygen atoms in total. The number of nitrogens with zero attached hydrogens (tertiary/aromatic N) is 1. The highest BCUT2D eigenvalue weighted by atomic mass is 35.5. The van der Waals surface area contributed by atoms with Gasteiger partial charge in [-0.05, 0) is 57.4 Å². The van der Waals surface area contributed by atoms with Gasteiger partial charge in [0.15, 0.2) is 6.10 Å². The van der Waals surface area contributed by atoms with Crippen LogP contribution in [0.1, 0.15) is 37.5 Å². The number of amides is 2. The van der Waals surface area contributed by atoms with Crippen molar-refractivity contribution in [2.24, 2.45) is 0 Å². The molecule has 190 valence electrons. The standard InChI is InChI=1S/C28H29Cl3N2O3/c1-17-10-9-11-18(2)25(17)32-27(35)28(4,5)33(16-20-12-7-6-8-13-20)26(34)19(3)36-24-15-22(30)21(29)14-23(24)31/h6-15,19H,16H2,1-5H3,(H,32,35). The lowest BCUT2D eigenvalue weighted by Crippen LogP contribution is -2.57. The second-order valence-corrected chi connectivity index (χ2v) is 10.4. The van der Waals surface area contributed by atoms with Crippen LogP contribution in [-0.2, 0) is 16.1 Å². The van der Waals surface area contributed by atoms with E-state index in [2.05, 4.69) is 5.32 Å². The minimum absolute atomic E-state index is 0.204. The van der Waals surface area contributed by atoms with E-state index in [0.29, 0.717) is 0 Å². The molecule has 36 heavy (non-hydrogen) atoms. The summed E-state index contributed by atoms with van der Waals surface area (Å²) >= 11 is 18.4. The van der Waals surface area contributed by atoms with Gasteiger partial charge in [0.25, 0.3) is 5.91 Å². The lowest BCUT2D eigenvalue weighted by atomic mass is 9.98. The van der Waals surface area contributed by atoms with Crippen molar-refractivity contribution in [2.45, 2.75) is 52.8 Å². The van der Waals surface area contributed by atoms with Gasteiger partial charge in [0.1, 0.15) is 11.3 Å². The van der Waals surface area contributed by atoms with Crippen LogP contribution in [0.2, 0.25) is 15.1 Å². The molecule has 1 N–H and O–H groups in total. The molecule has 0 bridgehead atoms. The van der Waals surface area contributed by atoms with E-state index in [1.165, 1.54) is 17.0 Å². The minimum Gasteiger partial charge on any atom is -0.479 e. The predicted molar refractivity (Wildman–Crippen MR) is 147 cm³/mol. The highest BCUT2D eigenvalue weighted by Crippen LogP contribution is 2.35. The molecule has 8 heteroatoms. The van der Waals surface area contributed by atoms with E-state index in [1.54, 1.807) is 20.8 Å². The summed E-state index contributed by atoms with van der Waals surface area (Å²) in [6, 6.07) is 18.2. The summed E-state index contributed by atoms with van der Waals surface area (Å²) in [6.07, 6.45) is -0.962. The molecule has 3 aromatic carbocycles. The number of hydrogen-bond acceptors (Lipinski definition) is 3. The number of carbonyl (C=O) groups excluding carboxylic acids is 2. The van der Waals surface area contributed by atoms with E-state index in [1.807, 2.05) is 62.4 Å². The Morgan fingerprint density at radius 3 is 2.11 bits per heavy atom. The van der Waals surface area contributed by atoms with Crippen LogP contribution in [0.25, 0.3) is 0 Å². The second-order valence-electron chi connectivity index (χ2n) is 9.15. The third kappa shape index (κ3) is 6.33. The molecule has 0 fully saturated rings. The number of para-hydroxylation sites is 1. The van der Waals surface area contributed by atoms with Crippen molar-refractivity contribution in [1.82, 2.24) is 4.90 Å². The van der Waals surface area contributed by atoms with Crippen LogP contribution in [-0.4, -0.2) is 28.4 Å². The highest BCUT2D eigenvalue weighted by molar-refractivity contribution is 6.43. The van der Waals surface area contributed by atoms with Crippen molar-refractivity contribution >= 4 is 52.3 Å². The van der Waals surface area contributed by atoms with Crippen molar-refractivity contribution in [1.29, 1.82) is 0 Å². The summed E-state index contributed by atoms with van der Waals surface area (Å²) in [5.74, 6) is -0.476. The summed E-state index contributed by atoms with van der Waals surface area (Å²) in [4.78, 5) is 28.9. The number of benzene rings is 3. The fourth-order valence-electron chi connectivity index (χ4n) is 3.77. The largest absolute Gasteiger partial charge is 0.479 e. The SMILES string of the molecule is Cc1cccc(C)c1NC(=O)C(C)(C)N(Cc1ccccc1)C(=O)C(C)Oc1cc(Cl)c(Cl)cc1Cl. The number of nitrogens with one attached hydrogen (secondary N) is 1. The molecule has 0 radical (unpaired) electrons. The van der Waals surface area contributed by atoms with Gasteiger partial charge in [0, 0.05) is 18.3 Å². The van der Waals surface area contributed by atoms with Gasteiger partial charge in [-0.2, -0.15) is 0 Å². The number of halogens is 3. The topological polar surface area (TPSA) is 58.6 Å². The molecule has 1 unspecified atom stereocenters. The first-order chi connectivity index (χ1) is 16.9. The Kier molecular flexibility index (Phi) is 8.93. The molecular formula is C28H29Cl3N2O3. The van der Waals surface area contributed by atoms with Gasteiger partial charge in [-0.25, -0.2) is 0 Å². The monoisotopic (exact) mass is 546 g/mol. The zero-order valence-electron chi connectivity index (χ0n) is 20.9. The van der Waals surface area contributed by atoms with E-state index >= 15 is 0 Å². The first-order valence-electron chi connectivity index (χ1n) is 11.5. The summed E-state index contributed by atoms with van der Waals surface area (Å²) in [5.41, 5.74) is 2.26. The van der Waals surface area contributed by atoms with Crippen molar-refractivity contribution in [3.8, 4) is 5.75 Å². The number of aryl methyl sites for hydroxylation is 2. The molecule has 0 saturated heterocycles. The zero-order valence-corrected chi connectivity index (χ0v) is 23.1. The van der Waals surface area contributed by atoms with Gasteiger partial charge in [0.05, 0.1) is 15.1 Å². The maximum Gasteiger partial charge on any atom is 0.264 e. The second kappa shape index (κ2) is 11.5. The average Bonchev–Trinajstić information content (AvgIpc) is 2.83. The first-order valence-corrected chi connectivity index (χ1v) is 12.6. The van der Waals surface area contributed by atoms with Gasteiger partial charge < -0.3 is 15.0 Å². The highest BCUT2D eigenvalue weighted by Gasteiger charge is 2.40. The van der Waals surface area contributed by atoms with Gasteiger partial charge in [-0.15, -0.1) is 0 Å². The van der Waals surface area contributed by atoms with Crippen LogP contribution in [0.3, 0.4) is 0 Å². The molecule has 3 aromatic rings. The molecule has 0 aliphatic carbocycles. The molecular weight excluding hydrogens is 519 g/mol. The Balaban J connectivity index is 1.93. The normalized spacial score (nSPS) is 12.1. The van der Waals surface area contributed by atoms with Gasteiger partial charge in [-0.3, -0.25) is 9.59 Å². The van der Waals surface area contributed by atoms with E-state index in [0.717, 1.165) is 22.4 Å². The summed E-state index contributed by atoms with van der Waals surface area (Å²) < 4.78 is 5.89. The Labute approximate surface area is 227 Å². The molecule has 3 rings (SSSR count). The third-order valence-corrected chi connectivity index (χ3v) is 7.04. The Morgan fingerprint density at radius 2 is 1.50 bits per heavy atom. The lowest BCUT2D eigenvalue weighted by molar-refractivity contribution is -0.149. The Bertz CT molecular complexity index is 1240. The number of ether oxygens (including phenoxy) is 1. The molecule has 0 aromatic heterocycles. The summed E-state index contributed by atoms with van der Waals surface area (Å²) in [7, 11) is 0. The Morgan fingerprint density at radius 1 is 0.917 bits per heavy atom. The number of hydrogen-bond donors (Lipinski definition) is 1. The van der Waals surface area contributed by atoms with E-state index in [-0.39, 0.29) is 39.2 Å². The fourth-order valence-corrected chi connectivity index (χ4v) is 4.35. The van der Waals surface area contributed by atoms with E-state index in [4.69, 9.17) is 39.5 Å². The van der Waals surface area contributed by atoms with Crippen molar-refractivity contribution < 1.29 is 14.3 Å². The molecule has 0 aliphatic rings. The average molecular weight is 548 g/mol. The first kappa shape index (κ1) is 27.9. The number of anilines is 1. The van der Waals surface area contributed by atoms with Crippen molar-refractivity contribution in [3.63, 3.8) is 0 Å². The number of carbonyl (C=O) groups is 2. The molecule has 0 saturated carbocycles. The summed E-state index contributed by atoms with van der Waals surface area (Å²) in [5, 5.41) is 3.79. The van der Waals surface area contributed by atoms with Crippen molar-refractivity contribution in [2.75, 3.05) is 5.32 Å². The smallest absolute Gasteiger partial charge is 0.264 e. The third-order valence-electron chi connectivity index (χ3n) is 6.03. The van der Waals surface area contributed by atoms with Gasteiger partial charge in [-0.1, -0.05) is 83.3 Å². The van der Waals surface area contributed by atoms with Gasteiger partial charge >= 0.3 is 0 Å². The molecule has 0 spiro atoms. The Hall–Kier alpha value is -2.73. The fraction of sp³-hybridized carbons (Fsp3) is 0.286. The molecule has 0 aliphatic heterocycles.